The summed E-state index contributed by atoms with van der Waals surface area (Å²) in [5.74, 6) is 1.30. The van der Waals surface area contributed by atoms with Crippen LogP contribution in [-0.2, 0) is 18.3 Å². The number of rotatable bonds is 8. The molecule has 3 aromatic heterocycles. The zero-order valence-corrected chi connectivity index (χ0v) is 20.7. The van der Waals surface area contributed by atoms with Gasteiger partial charge in [0.05, 0.1) is 12.9 Å². The Kier molecular flexibility index (Phi) is 7.55. The Morgan fingerprint density at radius 2 is 2.03 bits per heavy atom. The smallest absolute Gasteiger partial charge is 0.237 e. The Morgan fingerprint density at radius 3 is 2.74 bits per heavy atom. The van der Waals surface area contributed by atoms with Gasteiger partial charge in [0, 0.05) is 48.1 Å². The number of aliphatic imine (C=N–C) groups is 1. The summed E-state index contributed by atoms with van der Waals surface area (Å²) in [4.78, 5) is 29.3. The molecule has 0 saturated heterocycles. The van der Waals surface area contributed by atoms with Crippen LogP contribution >= 0.6 is 11.8 Å². The van der Waals surface area contributed by atoms with E-state index in [1.54, 1.807) is 14.2 Å². The second kappa shape index (κ2) is 11.0. The van der Waals surface area contributed by atoms with Crippen LogP contribution in [0.4, 0.5) is 5.95 Å². The minimum Gasteiger partial charge on any atom is -0.497 e. The maximum Gasteiger partial charge on any atom is 0.237 e. The fraction of sp³-hybridized carbons (Fsp3) is 0.318. The highest BCUT2D eigenvalue weighted by molar-refractivity contribution is 7.99. The van der Waals surface area contributed by atoms with E-state index in [9.17, 15) is 4.79 Å². The van der Waals surface area contributed by atoms with Crippen LogP contribution in [0.3, 0.4) is 0 Å². The van der Waals surface area contributed by atoms with Crippen LogP contribution in [0.2, 0.25) is 0 Å². The van der Waals surface area contributed by atoms with Gasteiger partial charge in [-0.3, -0.25) is 20.4 Å². The molecule has 0 unspecified atom stereocenters. The van der Waals surface area contributed by atoms with Gasteiger partial charge in [0.25, 0.3) is 0 Å². The van der Waals surface area contributed by atoms with Crippen molar-refractivity contribution in [1.29, 1.82) is 0 Å². The number of amides is 1. The first-order valence-electron chi connectivity index (χ1n) is 10.8. The Balaban J connectivity index is 1.46. The lowest BCUT2D eigenvalue weighted by Gasteiger charge is -2.11. The number of carbonyl (C=O) groups excluding carboxylic acids is 1. The van der Waals surface area contributed by atoms with Crippen molar-refractivity contribution >= 4 is 40.5 Å². The fourth-order valence-corrected chi connectivity index (χ4v) is 4.08. The van der Waals surface area contributed by atoms with Gasteiger partial charge in [0.1, 0.15) is 5.75 Å². The summed E-state index contributed by atoms with van der Waals surface area (Å²) < 4.78 is 6.79. The summed E-state index contributed by atoms with van der Waals surface area (Å²) in [5.41, 5.74) is 3.73. The SMILES string of the molecule is COc1ccc2c(CCN=C(NC(=O)CSc3nnnn3C)Nc3nc(C)cc(C)n3)c[nH]c2c1. The summed E-state index contributed by atoms with van der Waals surface area (Å²) in [6.07, 6.45) is 2.63. The topological polar surface area (TPSA) is 148 Å². The lowest BCUT2D eigenvalue weighted by atomic mass is 10.1. The summed E-state index contributed by atoms with van der Waals surface area (Å²) in [5, 5.41) is 18.7. The van der Waals surface area contributed by atoms with Crippen molar-refractivity contribution in [2.24, 2.45) is 12.0 Å². The monoisotopic (exact) mass is 494 g/mol. The number of carbonyl (C=O) groups is 1. The van der Waals surface area contributed by atoms with Crippen molar-refractivity contribution < 1.29 is 9.53 Å². The normalized spacial score (nSPS) is 11.6. The number of anilines is 1. The zero-order chi connectivity index (χ0) is 24.8. The van der Waals surface area contributed by atoms with Crippen molar-refractivity contribution in [2.45, 2.75) is 25.4 Å². The van der Waals surface area contributed by atoms with Gasteiger partial charge >= 0.3 is 0 Å². The lowest BCUT2D eigenvalue weighted by molar-refractivity contribution is -0.117. The third-order valence-corrected chi connectivity index (χ3v) is 6.02. The summed E-state index contributed by atoms with van der Waals surface area (Å²) >= 11 is 1.23. The van der Waals surface area contributed by atoms with Crippen LogP contribution in [0.5, 0.6) is 5.75 Å². The number of aromatic nitrogens is 7. The molecule has 4 rings (SSSR count). The number of hydrogen-bond donors (Lipinski definition) is 3. The standard InChI is InChI=1S/C22H26N10O2S/c1-13-9-14(2)26-21(25-13)28-20(27-19(33)12-35-22-29-30-31-32(22)3)23-8-7-15-11-24-18-10-16(34-4)5-6-17(15)18/h5-6,9-11,24H,7-8,12H2,1-4H3,(H2,23,25,26,27,28,33). The number of guanidine groups is 1. The second-order valence-corrected chi connectivity index (χ2v) is 8.67. The van der Waals surface area contributed by atoms with E-state index in [1.165, 1.54) is 16.4 Å². The van der Waals surface area contributed by atoms with Crippen LogP contribution < -0.4 is 15.4 Å². The molecule has 3 N–H and O–H groups in total. The molecule has 0 aliphatic carbocycles. The van der Waals surface area contributed by atoms with Gasteiger partial charge in [-0.25, -0.2) is 14.6 Å². The molecule has 35 heavy (non-hydrogen) atoms. The van der Waals surface area contributed by atoms with E-state index in [2.05, 4.69) is 46.1 Å². The largest absolute Gasteiger partial charge is 0.497 e. The Labute approximate surface area is 206 Å². The third kappa shape index (κ3) is 6.32. The Morgan fingerprint density at radius 1 is 1.23 bits per heavy atom. The molecule has 3 heterocycles. The molecule has 0 radical (unpaired) electrons. The number of benzene rings is 1. The van der Waals surface area contributed by atoms with Crippen LogP contribution in [0.25, 0.3) is 10.9 Å². The fourth-order valence-electron chi connectivity index (χ4n) is 3.43. The minimum atomic E-state index is -0.257. The van der Waals surface area contributed by atoms with Crippen LogP contribution in [-0.4, -0.2) is 66.4 Å². The number of H-pyrrole nitrogens is 1. The van der Waals surface area contributed by atoms with Gasteiger partial charge in [0.2, 0.25) is 23.0 Å². The van der Waals surface area contributed by atoms with Crippen LogP contribution in [0.15, 0.2) is 40.6 Å². The maximum atomic E-state index is 12.6. The molecule has 0 atom stereocenters. The number of hydrogen-bond acceptors (Lipinski definition) is 9. The molecule has 4 aromatic rings. The van der Waals surface area contributed by atoms with E-state index in [4.69, 9.17) is 4.74 Å². The van der Waals surface area contributed by atoms with Gasteiger partial charge in [-0.2, -0.15) is 0 Å². The minimum absolute atomic E-state index is 0.118. The molecule has 0 fully saturated rings. The van der Waals surface area contributed by atoms with Crippen molar-refractivity contribution in [1.82, 2.24) is 40.5 Å². The second-order valence-electron chi connectivity index (χ2n) is 7.73. The van der Waals surface area contributed by atoms with E-state index in [0.29, 0.717) is 24.1 Å². The van der Waals surface area contributed by atoms with Gasteiger partial charge in [0.15, 0.2) is 0 Å². The quantitative estimate of drug-likeness (QED) is 0.190. The molecule has 0 spiro atoms. The summed E-state index contributed by atoms with van der Waals surface area (Å²) in [6.45, 7) is 4.20. The highest BCUT2D eigenvalue weighted by atomic mass is 32.2. The highest BCUT2D eigenvalue weighted by Crippen LogP contribution is 2.23. The number of aromatic amines is 1. The van der Waals surface area contributed by atoms with E-state index in [-0.39, 0.29) is 17.6 Å². The van der Waals surface area contributed by atoms with Crippen molar-refractivity contribution in [3.8, 4) is 5.75 Å². The van der Waals surface area contributed by atoms with Crippen LogP contribution in [0.1, 0.15) is 17.0 Å². The molecular weight excluding hydrogens is 468 g/mol. The van der Waals surface area contributed by atoms with E-state index in [1.807, 2.05) is 44.3 Å². The van der Waals surface area contributed by atoms with E-state index < -0.39 is 0 Å². The maximum absolute atomic E-state index is 12.6. The predicted octanol–water partition coefficient (Wildman–Crippen LogP) is 2.03. The Bertz CT molecular complexity index is 1340. The lowest BCUT2D eigenvalue weighted by Crippen LogP contribution is -2.38. The molecule has 13 heteroatoms. The number of thioether (sulfide) groups is 1. The third-order valence-electron chi connectivity index (χ3n) is 5.01. The number of nitrogens with one attached hydrogen (secondary N) is 3. The van der Waals surface area contributed by atoms with Crippen LogP contribution in [0, 0.1) is 13.8 Å². The molecular formula is C22H26N10O2S. The van der Waals surface area contributed by atoms with E-state index in [0.717, 1.165) is 33.6 Å². The predicted molar refractivity (Wildman–Crippen MR) is 134 cm³/mol. The molecule has 0 aliphatic rings. The first-order chi connectivity index (χ1) is 16.9. The first kappa shape index (κ1) is 24.1. The van der Waals surface area contributed by atoms with Gasteiger partial charge < -0.3 is 9.72 Å². The molecule has 1 amide bonds. The highest BCUT2D eigenvalue weighted by Gasteiger charge is 2.12. The molecule has 0 bridgehead atoms. The zero-order valence-electron chi connectivity index (χ0n) is 19.9. The summed E-state index contributed by atoms with van der Waals surface area (Å²) in [6, 6.07) is 7.78. The molecule has 1 aromatic carbocycles. The number of methoxy groups -OCH3 is 1. The number of ether oxygens (including phenoxy) is 1. The van der Waals surface area contributed by atoms with E-state index >= 15 is 0 Å². The van der Waals surface area contributed by atoms with Gasteiger partial charge in [-0.1, -0.05) is 11.8 Å². The van der Waals surface area contributed by atoms with Gasteiger partial charge in [-0.15, -0.1) is 5.10 Å². The molecule has 12 nitrogen and oxygen atoms in total. The molecule has 0 saturated carbocycles. The summed E-state index contributed by atoms with van der Waals surface area (Å²) in [7, 11) is 3.36. The Hall–Kier alpha value is -4.00. The molecule has 0 aliphatic heterocycles. The average Bonchev–Trinajstić information content (AvgIpc) is 3.42. The number of tetrazole rings is 1. The molecule has 182 valence electrons. The average molecular weight is 495 g/mol. The van der Waals surface area contributed by atoms with Crippen molar-refractivity contribution in [2.75, 3.05) is 24.7 Å². The number of nitrogens with zero attached hydrogens (tertiary/aromatic N) is 7. The van der Waals surface area contributed by atoms with Crippen molar-refractivity contribution in [3.63, 3.8) is 0 Å². The number of aryl methyl sites for hydroxylation is 3. The first-order valence-corrected chi connectivity index (χ1v) is 11.8. The number of fused-ring (bicyclic) bond motifs is 1. The van der Waals surface area contributed by atoms with Crippen molar-refractivity contribution in [3.05, 3.63) is 47.4 Å². The van der Waals surface area contributed by atoms with Gasteiger partial charge in [-0.05, 0) is 54.5 Å².